The molecule has 2 aromatic rings. The van der Waals surface area contributed by atoms with Crippen molar-refractivity contribution in [1.29, 1.82) is 0 Å². The maximum atomic E-state index is 14.5. The summed E-state index contributed by atoms with van der Waals surface area (Å²) in [5.74, 6) is -0.941. The number of carbonyl (C=O) groups is 2. The largest absolute Gasteiger partial charge is 0.370 e. The minimum atomic E-state index is -0.530. The Morgan fingerprint density at radius 2 is 1.82 bits per heavy atom. The van der Waals surface area contributed by atoms with Crippen LogP contribution in [0.4, 0.5) is 20.8 Å². The molecule has 0 bridgehead atoms. The Balaban J connectivity index is 1.82. The van der Waals surface area contributed by atoms with E-state index in [-0.39, 0.29) is 17.5 Å². The molecule has 0 radical (unpaired) electrons. The highest BCUT2D eigenvalue weighted by Crippen LogP contribution is 2.33. The molecule has 7 heteroatoms. The molecule has 0 aliphatic carbocycles. The van der Waals surface area contributed by atoms with E-state index in [1.807, 2.05) is 26.8 Å². The molecule has 1 aliphatic heterocycles. The molecule has 1 fully saturated rings. The molecule has 150 valence electrons. The summed E-state index contributed by atoms with van der Waals surface area (Å²) in [5.41, 5.74) is 1.13. The summed E-state index contributed by atoms with van der Waals surface area (Å²) in [6, 6.07) is 6.62. The number of aryl methyl sites for hydroxylation is 1. The number of hydrogen-bond donors (Lipinski definition) is 2. The number of benzene rings is 1. The van der Waals surface area contributed by atoms with Gasteiger partial charge in [-0.2, -0.15) is 0 Å². The van der Waals surface area contributed by atoms with E-state index in [9.17, 15) is 14.0 Å². The van der Waals surface area contributed by atoms with E-state index in [0.29, 0.717) is 15.6 Å². The van der Waals surface area contributed by atoms with Crippen LogP contribution in [0.3, 0.4) is 0 Å². The van der Waals surface area contributed by atoms with Crippen molar-refractivity contribution in [2.45, 2.75) is 40.5 Å². The lowest BCUT2D eigenvalue weighted by molar-refractivity contribution is -0.123. The van der Waals surface area contributed by atoms with Crippen LogP contribution >= 0.6 is 11.3 Å². The second kappa shape index (κ2) is 7.91. The van der Waals surface area contributed by atoms with Crippen molar-refractivity contribution in [2.24, 2.45) is 5.41 Å². The summed E-state index contributed by atoms with van der Waals surface area (Å²) in [5, 5.41) is 6.21. The lowest BCUT2D eigenvalue weighted by Gasteiger charge is -2.22. The van der Waals surface area contributed by atoms with E-state index >= 15 is 0 Å². The smallest absolute Gasteiger partial charge is 0.266 e. The molecule has 0 atom stereocenters. The number of anilines is 3. The maximum absolute atomic E-state index is 14.5. The van der Waals surface area contributed by atoms with Gasteiger partial charge in [-0.15, -0.1) is 11.3 Å². The number of para-hydroxylation sites is 1. The van der Waals surface area contributed by atoms with Gasteiger partial charge in [-0.05, 0) is 43.5 Å². The minimum Gasteiger partial charge on any atom is -0.370 e. The zero-order valence-electron chi connectivity index (χ0n) is 16.7. The third-order valence-electron chi connectivity index (χ3n) is 4.72. The molecule has 2 heterocycles. The summed E-state index contributed by atoms with van der Waals surface area (Å²) < 4.78 is 14.5. The molecule has 28 heavy (non-hydrogen) atoms. The molecule has 0 unspecified atom stereocenters. The van der Waals surface area contributed by atoms with Gasteiger partial charge in [0.2, 0.25) is 5.91 Å². The van der Waals surface area contributed by atoms with Crippen LogP contribution in [0.2, 0.25) is 0 Å². The Bertz CT molecular complexity index is 896. The molecule has 0 spiro atoms. The zero-order chi connectivity index (χ0) is 20.5. The predicted octanol–water partition coefficient (Wildman–Crippen LogP) is 5.03. The van der Waals surface area contributed by atoms with Crippen molar-refractivity contribution in [2.75, 3.05) is 28.6 Å². The third kappa shape index (κ3) is 4.35. The summed E-state index contributed by atoms with van der Waals surface area (Å²) in [4.78, 5) is 27.6. The lowest BCUT2D eigenvalue weighted by atomic mass is 9.96. The fraction of sp³-hybridized carbons (Fsp3) is 0.429. The van der Waals surface area contributed by atoms with Crippen LogP contribution in [0.5, 0.6) is 0 Å². The van der Waals surface area contributed by atoms with Gasteiger partial charge in [-0.1, -0.05) is 26.8 Å². The SMILES string of the molecule is Cc1cc(NC(=O)C(C)(C)C)sc1C(=O)Nc1c(F)cccc1N1CCCC1. The second-order valence-corrected chi connectivity index (χ2v) is 9.16. The number of thiophene rings is 1. The first kappa shape index (κ1) is 20.3. The molecule has 5 nitrogen and oxygen atoms in total. The van der Waals surface area contributed by atoms with Crippen LogP contribution in [0.15, 0.2) is 24.3 Å². The Labute approximate surface area is 168 Å². The number of carbonyl (C=O) groups excluding carboxylic acids is 2. The van der Waals surface area contributed by atoms with Gasteiger partial charge in [-0.25, -0.2) is 4.39 Å². The van der Waals surface area contributed by atoms with E-state index in [4.69, 9.17) is 0 Å². The van der Waals surface area contributed by atoms with Crippen molar-refractivity contribution < 1.29 is 14.0 Å². The van der Waals surface area contributed by atoms with Gasteiger partial charge in [-0.3, -0.25) is 9.59 Å². The van der Waals surface area contributed by atoms with Crippen LogP contribution < -0.4 is 15.5 Å². The molecule has 1 aromatic carbocycles. The normalized spacial score (nSPS) is 14.2. The highest BCUT2D eigenvalue weighted by atomic mass is 32.1. The van der Waals surface area contributed by atoms with E-state index < -0.39 is 11.2 Å². The van der Waals surface area contributed by atoms with Crippen molar-refractivity contribution in [3.63, 3.8) is 0 Å². The van der Waals surface area contributed by atoms with E-state index in [1.54, 1.807) is 19.1 Å². The molecule has 0 saturated carbocycles. The topological polar surface area (TPSA) is 61.4 Å². The van der Waals surface area contributed by atoms with Crippen molar-refractivity contribution in [3.05, 3.63) is 40.5 Å². The molecular formula is C21H26FN3O2S. The van der Waals surface area contributed by atoms with Crippen LogP contribution in [-0.2, 0) is 4.79 Å². The summed E-state index contributed by atoms with van der Waals surface area (Å²) in [7, 11) is 0. The number of halogens is 1. The standard InChI is InChI=1S/C21H26FN3O2S/c1-13-12-16(23-20(27)21(2,3)4)28-18(13)19(26)24-17-14(22)8-7-9-15(17)25-10-5-6-11-25/h7-9,12H,5-6,10-11H2,1-4H3,(H,23,27)(H,24,26). The molecule has 1 aliphatic rings. The third-order valence-corrected chi connectivity index (χ3v) is 5.87. The Morgan fingerprint density at radius 1 is 1.14 bits per heavy atom. The van der Waals surface area contributed by atoms with Crippen LogP contribution in [-0.4, -0.2) is 24.9 Å². The fourth-order valence-electron chi connectivity index (χ4n) is 3.10. The van der Waals surface area contributed by atoms with E-state index in [0.717, 1.165) is 31.5 Å². The zero-order valence-corrected chi connectivity index (χ0v) is 17.5. The van der Waals surface area contributed by atoms with Gasteiger partial charge in [0.1, 0.15) is 11.5 Å². The first-order chi connectivity index (χ1) is 13.2. The lowest BCUT2D eigenvalue weighted by Crippen LogP contribution is -2.27. The highest BCUT2D eigenvalue weighted by Gasteiger charge is 2.24. The second-order valence-electron chi connectivity index (χ2n) is 8.11. The van der Waals surface area contributed by atoms with Gasteiger partial charge in [0.15, 0.2) is 0 Å². The van der Waals surface area contributed by atoms with Gasteiger partial charge >= 0.3 is 0 Å². The van der Waals surface area contributed by atoms with Crippen molar-refractivity contribution in [3.8, 4) is 0 Å². The number of rotatable bonds is 4. The van der Waals surface area contributed by atoms with Crippen molar-refractivity contribution >= 4 is 39.5 Å². The molecule has 2 N–H and O–H groups in total. The molecule has 2 amide bonds. The predicted molar refractivity (Wildman–Crippen MR) is 113 cm³/mol. The summed E-state index contributed by atoms with van der Waals surface area (Å²) in [6.07, 6.45) is 2.12. The first-order valence-electron chi connectivity index (χ1n) is 9.43. The Morgan fingerprint density at radius 3 is 2.46 bits per heavy atom. The molecule has 3 rings (SSSR count). The van der Waals surface area contributed by atoms with Crippen LogP contribution in [0.1, 0.15) is 48.8 Å². The Hall–Kier alpha value is -2.41. The van der Waals surface area contributed by atoms with Crippen LogP contribution in [0.25, 0.3) is 0 Å². The van der Waals surface area contributed by atoms with Gasteiger partial charge in [0.25, 0.3) is 5.91 Å². The van der Waals surface area contributed by atoms with Gasteiger partial charge < -0.3 is 15.5 Å². The van der Waals surface area contributed by atoms with Gasteiger partial charge in [0, 0.05) is 18.5 Å². The number of nitrogens with zero attached hydrogens (tertiary/aromatic N) is 1. The molecule has 1 saturated heterocycles. The van der Waals surface area contributed by atoms with Crippen LogP contribution in [0, 0.1) is 18.2 Å². The highest BCUT2D eigenvalue weighted by molar-refractivity contribution is 7.18. The summed E-state index contributed by atoms with van der Waals surface area (Å²) in [6.45, 7) is 9.00. The molecular weight excluding hydrogens is 377 g/mol. The monoisotopic (exact) mass is 403 g/mol. The molecule has 1 aromatic heterocycles. The summed E-state index contributed by atoms with van der Waals surface area (Å²) >= 11 is 1.20. The average Bonchev–Trinajstić information content (AvgIpc) is 3.25. The average molecular weight is 404 g/mol. The van der Waals surface area contributed by atoms with E-state index in [2.05, 4.69) is 15.5 Å². The number of amides is 2. The first-order valence-corrected chi connectivity index (χ1v) is 10.2. The van der Waals surface area contributed by atoms with Crippen molar-refractivity contribution in [1.82, 2.24) is 0 Å². The fourth-order valence-corrected chi connectivity index (χ4v) is 4.06. The number of nitrogens with one attached hydrogen (secondary N) is 2. The Kier molecular flexibility index (Phi) is 5.74. The van der Waals surface area contributed by atoms with E-state index in [1.165, 1.54) is 17.4 Å². The number of hydrogen-bond acceptors (Lipinski definition) is 4. The quantitative estimate of drug-likeness (QED) is 0.752. The van der Waals surface area contributed by atoms with Gasteiger partial charge in [0.05, 0.1) is 15.6 Å². The minimum absolute atomic E-state index is 0.119. The maximum Gasteiger partial charge on any atom is 0.266 e.